The smallest absolute Gasteiger partial charge is 0.378 e. The summed E-state index contributed by atoms with van der Waals surface area (Å²) in [5.74, 6) is -0.786. The van der Waals surface area contributed by atoms with Gasteiger partial charge in [0.05, 0.1) is 12.2 Å². The van der Waals surface area contributed by atoms with Crippen LogP contribution in [0.5, 0.6) is 0 Å². The Balaban J connectivity index is 1.42. The Kier molecular flexibility index (Phi) is 6.90. The maximum Gasteiger partial charge on any atom is 0.378 e. The normalized spacial score (nSPS) is 10.6. The van der Waals surface area contributed by atoms with Crippen LogP contribution in [0.4, 0.5) is 4.39 Å². The summed E-state index contributed by atoms with van der Waals surface area (Å²) in [6, 6.07) is 13.7. The van der Waals surface area contributed by atoms with Gasteiger partial charge < -0.3 is 10.1 Å². The van der Waals surface area contributed by atoms with Crippen LogP contribution < -0.4 is 5.32 Å². The maximum absolute atomic E-state index is 13.1. The number of aryl methyl sites for hydroxylation is 3. The summed E-state index contributed by atoms with van der Waals surface area (Å²) in [5.41, 5.74) is 2.86. The molecule has 1 N–H and O–H groups in total. The summed E-state index contributed by atoms with van der Waals surface area (Å²) in [6.07, 6.45) is 1.01. The van der Waals surface area contributed by atoms with Gasteiger partial charge in [-0.05, 0) is 50.1 Å². The number of nitrogens with zero attached hydrogens (tertiary/aromatic N) is 3. The average molecular weight is 410 g/mol. The second-order valence-electron chi connectivity index (χ2n) is 6.84. The molecule has 0 aliphatic rings. The van der Waals surface area contributed by atoms with E-state index in [-0.39, 0.29) is 30.7 Å². The van der Waals surface area contributed by atoms with E-state index in [2.05, 4.69) is 15.4 Å². The average Bonchev–Trinajstić information content (AvgIpc) is 3.13. The van der Waals surface area contributed by atoms with Crippen LogP contribution in [0.1, 0.15) is 34.0 Å². The van der Waals surface area contributed by atoms with Gasteiger partial charge in [0.2, 0.25) is 5.91 Å². The van der Waals surface area contributed by atoms with E-state index in [9.17, 15) is 14.0 Å². The Morgan fingerprint density at radius 1 is 1.07 bits per heavy atom. The second-order valence-corrected chi connectivity index (χ2v) is 6.84. The van der Waals surface area contributed by atoms with Crippen LogP contribution in [0.2, 0.25) is 0 Å². The molecule has 0 unspecified atom stereocenters. The van der Waals surface area contributed by atoms with Gasteiger partial charge in [-0.2, -0.15) is 0 Å². The first-order valence-corrected chi connectivity index (χ1v) is 9.61. The van der Waals surface area contributed by atoms with Gasteiger partial charge in [-0.1, -0.05) is 29.8 Å². The third-order valence-corrected chi connectivity index (χ3v) is 4.44. The lowest BCUT2D eigenvalue weighted by atomic mass is 10.1. The van der Waals surface area contributed by atoms with Gasteiger partial charge in [0.25, 0.3) is 5.82 Å². The molecule has 0 aliphatic heterocycles. The van der Waals surface area contributed by atoms with E-state index >= 15 is 0 Å². The van der Waals surface area contributed by atoms with Gasteiger partial charge in [-0.15, -0.1) is 5.10 Å². The first-order chi connectivity index (χ1) is 14.4. The Hall–Kier alpha value is -3.55. The van der Waals surface area contributed by atoms with Crippen molar-refractivity contribution >= 4 is 11.9 Å². The topological polar surface area (TPSA) is 86.1 Å². The van der Waals surface area contributed by atoms with Gasteiger partial charge >= 0.3 is 5.97 Å². The molecule has 3 rings (SSSR count). The molecule has 156 valence electrons. The molecular formula is C22H23FN4O3. The van der Waals surface area contributed by atoms with Crippen molar-refractivity contribution in [1.29, 1.82) is 0 Å². The van der Waals surface area contributed by atoms with Crippen molar-refractivity contribution in [3.8, 4) is 5.69 Å². The SMILES string of the molecule is Cc1ccc(CCC(=O)NCCOC(=O)c2nc(C)n(-c3ccc(F)cc3)n2)cc1. The zero-order valence-corrected chi connectivity index (χ0v) is 16.9. The molecule has 7 nitrogen and oxygen atoms in total. The predicted octanol–water partition coefficient (Wildman–Crippen LogP) is 2.93. The van der Waals surface area contributed by atoms with E-state index in [1.54, 1.807) is 6.92 Å². The lowest BCUT2D eigenvalue weighted by Gasteiger charge is -2.06. The molecule has 0 aliphatic carbocycles. The van der Waals surface area contributed by atoms with Crippen LogP contribution in [-0.4, -0.2) is 39.8 Å². The Bertz CT molecular complexity index is 1010. The number of hydrogen-bond donors (Lipinski definition) is 1. The molecule has 0 fully saturated rings. The van der Waals surface area contributed by atoms with Gasteiger partial charge in [0.1, 0.15) is 18.2 Å². The fraction of sp³-hybridized carbons (Fsp3) is 0.273. The maximum atomic E-state index is 13.1. The summed E-state index contributed by atoms with van der Waals surface area (Å²) in [7, 11) is 0. The Morgan fingerprint density at radius 3 is 2.47 bits per heavy atom. The molecule has 0 spiro atoms. The van der Waals surface area contributed by atoms with Gasteiger partial charge in [0.15, 0.2) is 0 Å². The van der Waals surface area contributed by atoms with Crippen molar-refractivity contribution in [3.63, 3.8) is 0 Å². The van der Waals surface area contributed by atoms with Gasteiger partial charge in [-0.25, -0.2) is 18.9 Å². The number of esters is 1. The monoisotopic (exact) mass is 410 g/mol. The molecule has 1 aromatic heterocycles. The Morgan fingerprint density at radius 2 is 1.77 bits per heavy atom. The number of aromatic nitrogens is 3. The highest BCUT2D eigenvalue weighted by Gasteiger charge is 2.16. The van der Waals surface area contributed by atoms with E-state index in [1.165, 1.54) is 34.5 Å². The highest BCUT2D eigenvalue weighted by molar-refractivity contribution is 5.85. The largest absolute Gasteiger partial charge is 0.458 e. The van der Waals surface area contributed by atoms with Crippen molar-refractivity contribution in [1.82, 2.24) is 20.1 Å². The van der Waals surface area contributed by atoms with E-state index in [4.69, 9.17) is 4.74 Å². The summed E-state index contributed by atoms with van der Waals surface area (Å²) < 4.78 is 19.6. The summed E-state index contributed by atoms with van der Waals surface area (Å²) in [5, 5.41) is 6.83. The molecule has 0 bridgehead atoms. The molecule has 1 amide bonds. The first-order valence-electron chi connectivity index (χ1n) is 9.61. The molecule has 3 aromatic rings. The fourth-order valence-electron chi connectivity index (χ4n) is 2.80. The highest BCUT2D eigenvalue weighted by Crippen LogP contribution is 2.11. The minimum absolute atomic E-state index is 0.0131. The predicted molar refractivity (Wildman–Crippen MR) is 109 cm³/mol. The van der Waals surface area contributed by atoms with Crippen LogP contribution >= 0.6 is 0 Å². The number of ether oxygens (including phenoxy) is 1. The van der Waals surface area contributed by atoms with E-state index in [1.807, 2.05) is 31.2 Å². The summed E-state index contributed by atoms with van der Waals surface area (Å²) in [4.78, 5) is 28.2. The number of hydrogen-bond acceptors (Lipinski definition) is 5. The molecule has 2 aromatic carbocycles. The summed E-state index contributed by atoms with van der Waals surface area (Å²) >= 11 is 0. The van der Waals surface area contributed by atoms with E-state index < -0.39 is 5.97 Å². The third kappa shape index (κ3) is 5.73. The molecule has 1 heterocycles. The van der Waals surface area contributed by atoms with Crippen molar-refractivity contribution < 1.29 is 18.7 Å². The van der Waals surface area contributed by atoms with Crippen molar-refractivity contribution in [2.75, 3.05) is 13.2 Å². The molecule has 0 saturated carbocycles. The highest BCUT2D eigenvalue weighted by atomic mass is 19.1. The number of halogens is 1. The molecule has 0 radical (unpaired) electrons. The number of carbonyl (C=O) groups excluding carboxylic acids is 2. The van der Waals surface area contributed by atoms with Crippen molar-refractivity contribution in [3.05, 3.63) is 77.1 Å². The van der Waals surface area contributed by atoms with Crippen LogP contribution in [-0.2, 0) is 16.0 Å². The van der Waals surface area contributed by atoms with E-state index in [0.29, 0.717) is 24.4 Å². The number of amides is 1. The number of rotatable bonds is 8. The molecule has 8 heteroatoms. The van der Waals surface area contributed by atoms with Crippen LogP contribution in [0, 0.1) is 19.7 Å². The lowest BCUT2D eigenvalue weighted by molar-refractivity contribution is -0.121. The molecular weight excluding hydrogens is 387 g/mol. The molecule has 30 heavy (non-hydrogen) atoms. The molecule has 0 atom stereocenters. The van der Waals surface area contributed by atoms with Crippen LogP contribution in [0.25, 0.3) is 5.69 Å². The fourth-order valence-corrected chi connectivity index (χ4v) is 2.80. The number of benzene rings is 2. The zero-order chi connectivity index (χ0) is 21.5. The Labute approximate surface area is 173 Å². The third-order valence-electron chi connectivity index (χ3n) is 4.44. The molecule has 0 saturated heterocycles. The number of nitrogens with one attached hydrogen (secondary N) is 1. The number of carbonyl (C=O) groups is 2. The second kappa shape index (κ2) is 9.78. The van der Waals surface area contributed by atoms with Gasteiger partial charge in [-0.3, -0.25) is 4.79 Å². The minimum atomic E-state index is -0.687. The lowest BCUT2D eigenvalue weighted by Crippen LogP contribution is -2.28. The van der Waals surface area contributed by atoms with Gasteiger partial charge in [0, 0.05) is 6.42 Å². The van der Waals surface area contributed by atoms with Crippen LogP contribution in [0.15, 0.2) is 48.5 Å². The first kappa shape index (κ1) is 21.2. The zero-order valence-electron chi connectivity index (χ0n) is 16.9. The van der Waals surface area contributed by atoms with Crippen LogP contribution in [0.3, 0.4) is 0 Å². The van der Waals surface area contributed by atoms with Crippen molar-refractivity contribution in [2.24, 2.45) is 0 Å². The van der Waals surface area contributed by atoms with E-state index in [0.717, 1.165) is 5.56 Å². The standard InChI is InChI=1S/C22H23FN4O3/c1-15-3-5-17(6-4-15)7-12-20(28)24-13-14-30-22(29)21-25-16(2)27(26-21)19-10-8-18(23)9-11-19/h3-6,8-11H,7,12-14H2,1-2H3,(H,24,28). The van der Waals surface area contributed by atoms with Crippen molar-refractivity contribution in [2.45, 2.75) is 26.7 Å². The summed E-state index contributed by atoms with van der Waals surface area (Å²) in [6.45, 7) is 3.92. The minimum Gasteiger partial charge on any atom is -0.458 e. The quantitative estimate of drug-likeness (QED) is 0.456.